The van der Waals surface area contributed by atoms with E-state index in [0.717, 1.165) is 51.5 Å². The molecule has 3 rings (SSSR count). The summed E-state index contributed by atoms with van der Waals surface area (Å²) in [6.07, 6.45) is 1.12. The molecule has 0 spiro atoms. The molecule has 4 heteroatoms. The number of fused-ring (bicyclic) bond motifs is 1. The van der Waals surface area contributed by atoms with Gasteiger partial charge in [-0.1, -0.05) is 13.8 Å². The van der Waals surface area contributed by atoms with Gasteiger partial charge in [-0.15, -0.1) is 0 Å². The van der Waals surface area contributed by atoms with Crippen LogP contribution in [0, 0.1) is 5.92 Å². The van der Waals surface area contributed by atoms with E-state index in [2.05, 4.69) is 41.5 Å². The van der Waals surface area contributed by atoms with Gasteiger partial charge < -0.3 is 20.3 Å². The van der Waals surface area contributed by atoms with Gasteiger partial charge in [-0.2, -0.15) is 0 Å². The van der Waals surface area contributed by atoms with E-state index in [4.69, 9.17) is 4.74 Å². The number of hydrogen-bond acceptors (Lipinski definition) is 4. The van der Waals surface area contributed by atoms with E-state index in [9.17, 15) is 0 Å². The SMILES string of the molecule is CC(C)Cc1cc2c(c(N3CCNCC3)c1)OCCN2. The Morgan fingerprint density at radius 3 is 2.75 bits per heavy atom. The molecule has 2 aliphatic rings. The highest BCUT2D eigenvalue weighted by Crippen LogP contribution is 2.39. The minimum Gasteiger partial charge on any atom is -0.487 e. The monoisotopic (exact) mass is 275 g/mol. The summed E-state index contributed by atoms with van der Waals surface area (Å²) < 4.78 is 5.94. The minimum absolute atomic E-state index is 0.674. The van der Waals surface area contributed by atoms with Crippen molar-refractivity contribution in [3.63, 3.8) is 0 Å². The predicted octanol–water partition coefficient (Wildman–Crippen LogP) is 2.10. The zero-order valence-electron chi connectivity index (χ0n) is 12.5. The zero-order chi connectivity index (χ0) is 13.9. The summed E-state index contributed by atoms with van der Waals surface area (Å²) >= 11 is 0. The first-order chi connectivity index (χ1) is 9.74. The Morgan fingerprint density at radius 1 is 1.20 bits per heavy atom. The molecule has 0 bridgehead atoms. The maximum absolute atomic E-state index is 5.94. The number of piperazine rings is 1. The highest BCUT2D eigenvalue weighted by atomic mass is 16.5. The fraction of sp³-hybridized carbons (Fsp3) is 0.625. The van der Waals surface area contributed by atoms with Crippen LogP contribution in [0.5, 0.6) is 5.75 Å². The van der Waals surface area contributed by atoms with Crippen LogP contribution in [0.25, 0.3) is 0 Å². The highest BCUT2D eigenvalue weighted by molar-refractivity contribution is 5.74. The van der Waals surface area contributed by atoms with E-state index in [0.29, 0.717) is 5.92 Å². The third-order valence-electron chi connectivity index (χ3n) is 3.89. The normalized spacial score (nSPS) is 18.4. The Bertz CT molecular complexity index is 467. The number of anilines is 2. The number of hydrogen-bond donors (Lipinski definition) is 2. The summed E-state index contributed by atoms with van der Waals surface area (Å²) in [5.74, 6) is 1.72. The average Bonchev–Trinajstić information content (AvgIpc) is 2.47. The van der Waals surface area contributed by atoms with Crippen LogP contribution in [0.1, 0.15) is 19.4 Å². The van der Waals surface area contributed by atoms with E-state index >= 15 is 0 Å². The molecule has 0 aliphatic carbocycles. The van der Waals surface area contributed by atoms with Crippen LogP contribution in [0.4, 0.5) is 11.4 Å². The second-order valence-corrected chi connectivity index (χ2v) is 6.10. The van der Waals surface area contributed by atoms with E-state index in [1.165, 1.54) is 16.9 Å². The molecule has 4 nitrogen and oxygen atoms in total. The first-order valence-electron chi connectivity index (χ1n) is 7.73. The number of nitrogens with one attached hydrogen (secondary N) is 2. The molecule has 110 valence electrons. The lowest BCUT2D eigenvalue weighted by Crippen LogP contribution is -2.44. The lowest BCUT2D eigenvalue weighted by Gasteiger charge is -2.33. The quantitative estimate of drug-likeness (QED) is 0.886. The highest BCUT2D eigenvalue weighted by Gasteiger charge is 2.21. The smallest absolute Gasteiger partial charge is 0.165 e. The second kappa shape index (κ2) is 5.92. The molecule has 20 heavy (non-hydrogen) atoms. The van der Waals surface area contributed by atoms with E-state index in [1.807, 2.05) is 0 Å². The van der Waals surface area contributed by atoms with Gasteiger partial charge in [0.15, 0.2) is 5.75 Å². The molecular formula is C16H25N3O. The summed E-state index contributed by atoms with van der Waals surface area (Å²) in [5.41, 5.74) is 3.85. The van der Waals surface area contributed by atoms with E-state index in [-0.39, 0.29) is 0 Å². The number of rotatable bonds is 3. The molecule has 1 fully saturated rings. The predicted molar refractivity (Wildman–Crippen MR) is 84.1 cm³/mol. The Balaban J connectivity index is 1.96. The summed E-state index contributed by atoms with van der Waals surface area (Å²) in [7, 11) is 0. The zero-order valence-corrected chi connectivity index (χ0v) is 12.5. The Kier molecular flexibility index (Phi) is 4.01. The summed E-state index contributed by atoms with van der Waals surface area (Å²) in [5, 5.41) is 6.90. The van der Waals surface area contributed by atoms with Gasteiger partial charge in [-0.05, 0) is 30.0 Å². The first kappa shape index (κ1) is 13.6. The molecule has 0 radical (unpaired) electrons. The molecule has 1 aromatic carbocycles. The molecule has 1 aromatic rings. The van der Waals surface area contributed by atoms with Gasteiger partial charge in [-0.3, -0.25) is 0 Å². The van der Waals surface area contributed by atoms with Gasteiger partial charge in [0.25, 0.3) is 0 Å². The maximum Gasteiger partial charge on any atom is 0.165 e. The van der Waals surface area contributed by atoms with Crippen molar-refractivity contribution in [1.82, 2.24) is 5.32 Å². The molecule has 2 heterocycles. The van der Waals surface area contributed by atoms with Crippen molar-refractivity contribution >= 4 is 11.4 Å². The molecule has 0 amide bonds. The fourth-order valence-electron chi connectivity index (χ4n) is 3.02. The summed E-state index contributed by atoms with van der Waals surface area (Å²) in [4.78, 5) is 2.45. The number of benzene rings is 1. The van der Waals surface area contributed by atoms with Crippen molar-refractivity contribution in [1.29, 1.82) is 0 Å². The van der Waals surface area contributed by atoms with E-state index in [1.54, 1.807) is 0 Å². The van der Waals surface area contributed by atoms with Crippen LogP contribution in [-0.4, -0.2) is 39.3 Å². The second-order valence-electron chi connectivity index (χ2n) is 6.10. The summed E-state index contributed by atoms with van der Waals surface area (Å²) in [6.45, 7) is 10.4. The molecule has 2 N–H and O–H groups in total. The van der Waals surface area contributed by atoms with Gasteiger partial charge in [-0.25, -0.2) is 0 Å². The Hall–Kier alpha value is -1.42. The van der Waals surface area contributed by atoms with Crippen molar-refractivity contribution in [3.8, 4) is 5.75 Å². The molecule has 0 atom stereocenters. The standard InChI is InChI=1S/C16H25N3O/c1-12(2)9-13-10-14-16(20-8-5-18-14)15(11-13)19-6-3-17-4-7-19/h10-12,17-18H,3-9H2,1-2H3. The average molecular weight is 275 g/mol. The van der Waals surface area contributed by atoms with Crippen LogP contribution >= 0.6 is 0 Å². The fourth-order valence-corrected chi connectivity index (χ4v) is 3.02. The van der Waals surface area contributed by atoms with Crippen LogP contribution in [0.15, 0.2) is 12.1 Å². The van der Waals surface area contributed by atoms with Gasteiger partial charge in [0, 0.05) is 32.7 Å². The van der Waals surface area contributed by atoms with Gasteiger partial charge in [0.2, 0.25) is 0 Å². The Morgan fingerprint density at radius 2 is 2.00 bits per heavy atom. The van der Waals surface area contributed by atoms with Crippen molar-refractivity contribution in [2.45, 2.75) is 20.3 Å². The van der Waals surface area contributed by atoms with Gasteiger partial charge >= 0.3 is 0 Å². The topological polar surface area (TPSA) is 36.5 Å². The minimum atomic E-state index is 0.674. The van der Waals surface area contributed by atoms with Crippen molar-refractivity contribution < 1.29 is 4.74 Å². The number of nitrogens with zero attached hydrogens (tertiary/aromatic N) is 1. The molecule has 1 saturated heterocycles. The van der Waals surface area contributed by atoms with Crippen LogP contribution in [0.3, 0.4) is 0 Å². The van der Waals surface area contributed by atoms with Gasteiger partial charge in [0.1, 0.15) is 6.61 Å². The first-order valence-corrected chi connectivity index (χ1v) is 7.73. The summed E-state index contributed by atoms with van der Waals surface area (Å²) in [6, 6.07) is 4.59. The van der Waals surface area contributed by atoms with Crippen molar-refractivity contribution in [3.05, 3.63) is 17.7 Å². The molecular weight excluding hydrogens is 250 g/mol. The van der Waals surface area contributed by atoms with Gasteiger partial charge in [0.05, 0.1) is 11.4 Å². The van der Waals surface area contributed by atoms with Crippen molar-refractivity contribution in [2.24, 2.45) is 5.92 Å². The molecule has 2 aliphatic heterocycles. The lowest BCUT2D eigenvalue weighted by atomic mass is 10.0. The number of ether oxygens (including phenoxy) is 1. The van der Waals surface area contributed by atoms with E-state index < -0.39 is 0 Å². The van der Waals surface area contributed by atoms with Crippen molar-refractivity contribution in [2.75, 3.05) is 49.5 Å². The molecule has 0 saturated carbocycles. The van der Waals surface area contributed by atoms with Crippen LogP contribution in [0.2, 0.25) is 0 Å². The lowest BCUT2D eigenvalue weighted by molar-refractivity contribution is 0.323. The van der Waals surface area contributed by atoms with Crippen LogP contribution < -0.4 is 20.3 Å². The molecule has 0 aromatic heterocycles. The third kappa shape index (κ3) is 2.85. The van der Waals surface area contributed by atoms with Crippen LogP contribution in [-0.2, 0) is 6.42 Å². The molecule has 0 unspecified atom stereocenters. The maximum atomic E-state index is 5.94. The largest absolute Gasteiger partial charge is 0.487 e. The third-order valence-corrected chi connectivity index (χ3v) is 3.89. The Labute approximate surface area is 121 Å².